The van der Waals surface area contributed by atoms with Gasteiger partial charge >= 0.3 is 0 Å². The van der Waals surface area contributed by atoms with Gasteiger partial charge in [0.2, 0.25) is 0 Å². The van der Waals surface area contributed by atoms with E-state index in [1.165, 1.54) is 16.2 Å². The zero-order chi connectivity index (χ0) is 13.7. The molecule has 1 amide bonds. The van der Waals surface area contributed by atoms with Crippen LogP contribution in [0.1, 0.15) is 20.1 Å². The number of alkyl halides is 1. The molecular formula is C13H18ClNO2S2. The number of rotatable bonds is 6. The van der Waals surface area contributed by atoms with Crippen LogP contribution in [0, 0.1) is 0 Å². The molecule has 0 unspecified atom stereocenters. The average molecular weight is 320 g/mol. The first-order chi connectivity index (χ1) is 9.22. The van der Waals surface area contributed by atoms with Gasteiger partial charge in [-0.2, -0.15) is 11.8 Å². The van der Waals surface area contributed by atoms with Crippen molar-refractivity contribution in [3.05, 3.63) is 21.4 Å². The smallest absolute Gasteiger partial charge is 0.263 e. The van der Waals surface area contributed by atoms with Crippen LogP contribution in [0.4, 0.5) is 0 Å². The van der Waals surface area contributed by atoms with E-state index >= 15 is 0 Å². The van der Waals surface area contributed by atoms with Crippen molar-refractivity contribution in [3.8, 4) is 0 Å². The highest BCUT2D eigenvalue weighted by molar-refractivity contribution is 7.98. The van der Waals surface area contributed by atoms with Gasteiger partial charge in [-0.3, -0.25) is 4.79 Å². The summed E-state index contributed by atoms with van der Waals surface area (Å²) >= 11 is 9.12. The molecule has 0 saturated heterocycles. The Morgan fingerprint density at radius 1 is 1.53 bits per heavy atom. The number of hydrogen-bond acceptors (Lipinski definition) is 4. The molecule has 0 spiro atoms. The highest BCUT2D eigenvalue weighted by Gasteiger charge is 2.19. The number of fused-ring (bicyclic) bond motifs is 1. The maximum Gasteiger partial charge on any atom is 0.263 e. The number of nitrogens with zero attached hydrogens (tertiary/aromatic N) is 1. The Hall–Kier alpha value is -0.230. The normalized spacial score (nSPS) is 14.2. The Balaban J connectivity index is 1.89. The Morgan fingerprint density at radius 3 is 3.11 bits per heavy atom. The number of carbonyl (C=O) groups is 1. The highest BCUT2D eigenvalue weighted by Crippen LogP contribution is 2.32. The van der Waals surface area contributed by atoms with Crippen molar-refractivity contribution < 1.29 is 9.53 Å². The number of carbonyl (C=O) groups excluding carboxylic acids is 1. The largest absolute Gasteiger partial charge is 0.378 e. The van der Waals surface area contributed by atoms with E-state index in [4.69, 9.17) is 16.3 Å². The van der Waals surface area contributed by atoms with E-state index in [0.717, 1.165) is 17.1 Å². The number of thioether (sulfide) groups is 1. The number of amides is 1. The van der Waals surface area contributed by atoms with Crippen molar-refractivity contribution in [1.29, 1.82) is 0 Å². The molecule has 0 bridgehead atoms. The predicted octanol–water partition coefficient (Wildman–Crippen LogP) is 2.86. The summed E-state index contributed by atoms with van der Waals surface area (Å²) in [4.78, 5) is 16.2. The lowest BCUT2D eigenvalue weighted by Crippen LogP contribution is -2.29. The molecule has 0 fully saturated rings. The summed E-state index contributed by atoms with van der Waals surface area (Å²) in [7, 11) is 1.82. The van der Waals surface area contributed by atoms with Crippen LogP contribution in [0.5, 0.6) is 0 Å². The maximum atomic E-state index is 12.3. The number of hydrogen-bond donors (Lipinski definition) is 0. The van der Waals surface area contributed by atoms with Crippen molar-refractivity contribution in [1.82, 2.24) is 4.90 Å². The van der Waals surface area contributed by atoms with Gasteiger partial charge in [-0.25, -0.2) is 0 Å². The van der Waals surface area contributed by atoms with E-state index in [9.17, 15) is 4.79 Å². The van der Waals surface area contributed by atoms with E-state index in [1.807, 2.05) is 18.8 Å². The zero-order valence-corrected chi connectivity index (χ0v) is 13.4. The lowest BCUT2D eigenvalue weighted by molar-refractivity contribution is 0.0716. The number of likely N-dealkylation sites (N-methyl/N-ethyl adjacent to an activating group) is 1. The zero-order valence-electron chi connectivity index (χ0n) is 11.0. The number of ether oxygens (including phenoxy) is 1. The van der Waals surface area contributed by atoms with Crippen LogP contribution in [0.15, 0.2) is 6.07 Å². The molecule has 0 aliphatic carbocycles. The van der Waals surface area contributed by atoms with Gasteiger partial charge < -0.3 is 9.64 Å². The minimum absolute atomic E-state index is 0.0962. The fraction of sp³-hybridized carbons (Fsp3) is 0.615. The van der Waals surface area contributed by atoms with Gasteiger partial charge in [0.1, 0.15) is 0 Å². The molecule has 19 heavy (non-hydrogen) atoms. The summed E-state index contributed by atoms with van der Waals surface area (Å²) < 4.78 is 5.30. The molecule has 2 heterocycles. The summed E-state index contributed by atoms with van der Waals surface area (Å²) in [6.07, 6.45) is 1.10. The van der Waals surface area contributed by atoms with E-state index in [1.54, 1.807) is 16.2 Å². The quantitative estimate of drug-likeness (QED) is 0.596. The molecule has 3 nitrogen and oxygen atoms in total. The number of aryl methyl sites for hydroxylation is 1. The van der Waals surface area contributed by atoms with Crippen molar-refractivity contribution in [2.24, 2.45) is 0 Å². The molecule has 0 N–H and O–H groups in total. The summed E-state index contributed by atoms with van der Waals surface area (Å²) in [6, 6.07) is 2.06. The van der Waals surface area contributed by atoms with Gasteiger partial charge in [0.25, 0.3) is 5.91 Å². The van der Waals surface area contributed by atoms with Gasteiger partial charge in [0.05, 0.1) is 18.1 Å². The molecule has 0 aromatic carbocycles. The first-order valence-electron chi connectivity index (χ1n) is 6.31. The van der Waals surface area contributed by atoms with Crippen molar-refractivity contribution >= 4 is 40.6 Å². The lowest BCUT2D eigenvalue weighted by Gasteiger charge is -2.15. The highest BCUT2D eigenvalue weighted by atomic mass is 35.5. The topological polar surface area (TPSA) is 29.5 Å². The minimum atomic E-state index is 0.0962. The Kier molecular flexibility index (Phi) is 6.01. The van der Waals surface area contributed by atoms with Crippen LogP contribution in [-0.2, 0) is 16.9 Å². The van der Waals surface area contributed by atoms with Crippen molar-refractivity contribution in [2.45, 2.75) is 12.2 Å². The van der Waals surface area contributed by atoms with E-state index in [0.29, 0.717) is 25.6 Å². The van der Waals surface area contributed by atoms with Crippen LogP contribution < -0.4 is 0 Å². The summed E-state index contributed by atoms with van der Waals surface area (Å²) in [5.41, 5.74) is 1.34. The molecule has 0 radical (unpaired) electrons. The van der Waals surface area contributed by atoms with Crippen molar-refractivity contribution in [2.75, 3.05) is 38.4 Å². The van der Waals surface area contributed by atoms with Crippen LogP contribution in [0.2, 0.25) is 0 Å². The second-order valence-electron chi connectivity index (χ2n) is 4.39. The third-order valence-electron chi connectivity index (χ3n) is 2.98. The van der Waals surface area contributed by atoms with Crippen LogP contribution in [0.3, 0.4) is 0 Å². The maximum absolute atomic E-state index is 12.3. The molecule has 0 atom stereocenters. The third kappa shape index (κ3) is 4.12. The SMILES string of the molecule is CN(CCOCCCl)C(=O)c1cc2c(s1)CCSC2. The first kappa shape index (κ1) is 15.2. The molecule has 106 valence electrons. The predicted molar refractivity (Wildman–Crippen MR) is 82.7 cm³/mol. The second kappa shape index (κ2) is 7.53. The van der Waals surface area contributed by atoms with Gasteiger partial charge in [-0.15, -0.1) is 22.9 Å². The fourth-order valence-corrected chi connectivity index (χ4v) is 4.38. The Morgan fingerprint density at radius 2 is 2.37 bits per heavy atom. The van der Waals surface area contributed by atoms with Crippen LogP contribution in [-0.4, -0.2) is 49.2 Å². The third-order valence-corrected chi connectivity index (χ3v) is 5.36. The number of thiophene rings is 1. The molecule has 1 aliphatic rings. The Bertz CT molecular complexity index is 413. The van der Waals surface area contributed by atoms with E-state index in [2.05, 4.69) is 6.07 Å². The first-order valence-corrected chi connectivity index (χ1v) is 8.81. The second-order valence-corrected chi connectivity index (χ2v) is 7.01. The van der Waals surface area contributed by atoms with E-state index < -0.39 is 0 Å². The Labute approximate surface area is 127 Å². The van der Waals surface area contributed by atoms with Gasteiger partial charge in [-0.05, 0) is 23.8 Å². The number of halogens is 1. The van der Waals surface area contributed by atoms with Gasteiger partial charge in [0, 0.05) is 30.1 Å². The van der Waals surface area contributed by atoms with E-state index in [-0.39, 0.29) is 5.91 Å². The van der Waals surface area contributed by atoms with Crippen molar-refractivity contribution in [3.63, 3.8) is 0 Å². The monoisotopic (exact) mass is 319 g/mol. The summed E-state index contributed by atoms with van der Waals surface area (Å²) in [5.74, 6) is 2.80. The lowest BCUT2D eigenvalue weighted by atomic mass is 10.2. The summed E-state index contributed by atoms with van der Waals surface area (Å²) in [6.45, 7) is 1.68. The average Bonchev–Trinajstić information content (AvgIpc) is 2.86. The minimum Gasteiger partial charge on any atom is -0.378 e. The molecule has 2 rings (SSSR count). The standard InChI is InChI=1S/C13H18ClNO2S2/c1-15(4-6-17-5-3-14)13(16)12-8-10-9-18-7-2-11(10)19-12/h8H,2-7,9H2,1H3. The van der Waals surface area contributed by atoms with Gasteiger partial charge in [0.15, 0.2) is 0 Å². The molecule has 6 heteroatoms. The van der Waals surface area contributed by atoms with Crippen LogP contribution in [0.25, 0.3) is 0 Å². The van der Waals surface area contributed by atoms with Crippen LogP contribution >= 0.6 is 34.7 Å². The molecule has 0 saturated carbocycles. The fourth-order valence-electron chi connectivity index (χ4n) is 1.90. The molecule has 1 aromatic heterocycles. The molecule has 1 aromatic rings. The van der Waals surface area contributed by atoms with Gasteiger partial charge in [-0.1, -0.05) is 0 Å². The molecule has 1 aliphatic heterocycles. The summed E-state index contributed by atoms with van der Waals surface area (Å²) in [5, 5.41) is 0. The molecular weight excluding hydrogens is 302 g/mol.